The first-order chi connectivity index (χ1) is 14.6. The number of benzene rings is 2. The molecule has 1 aliphatic rings. The van der Waals surface area contributed by atoms with Crippen LogP contribution in [-0.2, 0) is 4.79 Å². The third-order valence-electron chi connectivity index (χ3n) is 4.93. The lowest BCUT2D eigenvalue weighted by atomic mass is 10.3. The third-order valence-corrected chi connectivity index (χ3v) is 5.94. The van der Waals surface area contributed by atoms with Gasteiger partial charge in [-0.15, -0.1) is 35.7 Å². The summed E-state index contributed by atoms with van der Waals surface area (Å²) in [5.41, 5.74) is 1.25. The zero-order valence-corrected chi connectivity index (χ0v) is 21.3. The number of para-hydroxylation sites is 1. The summed E-state index contributed by atoms with van der Waals surface area (Å²) in [6.07, 6.45) is 1.04. The van der Waals surface area contributed by atoms with Gasteiger partial charge in [0, 0.05) is 56.1 Å². The van der Waals surface area contributed by atoms with Crippen LogP contribution in [0, 0.1) is 0 Å². The van der Waals surface area contributed by atoms with E-state index in [0.717, 1.165) is 31.8 Å². The number of guanidine groups is 1. The van der Waals surface area contributed by atoms with Gasteiger partial charge in [-0.25, -0.2) is 4.99 Å². The van der Waals surface area contributed by atoms with Gasteiger partial charge in [0.15, 0.2) is 5.96 Å². The van der Waals surface area contributed by atoms with E-state index in [2.05, 4.69) is 69.1 Å². The van der Waals surface area contributed by atoms with Crippen molar-refractivity contribution in [3.05, 3.63) is 60.7 Å². The highest BCUT2D eigenvalue weighted by Crippen LogP contribution is 2.19. The quantitative estimate of drug-likeness (QED) is 0.173. The number of carbonyl (C=O) groups excluding carboxylic acids is 1. The van der Waals surface area contributed by atoms with Gasteiger partial charge in [0.2, 0.25) is 5.91 Å². The standard InChI is InChI=1S/C23H31N5OS.HI/c1-27(2)22(29)17-25-23(24-14-16-30-21-11-7-4-8-12-21)26-19-13-15-28(18-19)20-9-5-3-6-10-20;/h3-12,19H,13-18H2,1-2H3,(H2,24,25,26);1H. The maximum absolute atomic E-state index is 12.0. The first-order valence-corrected chi connectivity index (χ1v) is 11.3. The molecule has 1 unspecified atom stereocenters. The monoisotopic (exact) mass is 553 g/mol. The van der Waals surface area contributed by atoms with E-state index in [1.807, 2.05) is 12.1 Å². The number of carbonyl (C=O) groups is 1. The van der Waals surface area contributed by atoms with Gasteiger partial charge < -0.3 is 20.4 Å². The Morgan fingerprint density at radius 1 is 1.13 bits per heavy atom. The van der Waals surface area contributed by atoms with Gasteiger partial charge in [-0.1, -0.05) is 36.4 Å². The molecular weight excluding hydrogens is 521 g/mol. The molecule has 8 heteroatoms. The van der Waals surface area contributed by atoms with Crippen LogP contribution in [0.2, 0.25) is 0 Å². The van der Waals surface area contributed by atoms with E-state index < -0.39 is 0 Å². The van der Waals surface area contributed by atoms with Crippen molar-refractivity contribution >= 4 is 53.3 Å². The van der Waals surface area contributed by atoms with E-state index in [1.165, 1.54) is 10.6 Å². The molecule has 0 bridgehead atoms. The average Bonchev–Trinajstić information content (AvgIpc) is 3.24. The van der Waals surface area contributed by atoms with E-state index >= 15 is 0 Å². The van der Waals surface area contributed by atoms with Crippen LogP contribution in [-0.4, -0.2) is 68.8 Å². The molecule has 2 N–H and O–H groups in total. The second-order valence-electron chi connectivity index (χ2n) is 7.45. The molecule has 0 radical (unpaired) electrons. The lowest BCUT2D eigenvalue weighted by Crippen LogP contribution is -2.45. The predicted molar refractivity (Wildman–Crippen MR) is 142 cm³/mol. The van der Waals surface area contributed by atoms with Gasteiger partial charge in [-0.3, -0.25) is 4.79 Å². The fourth-order valence-electron chi connectivity index (χ4n) is 3.24. The molecule has 1 fully saturated rings. The van der Waals surface area contributed by atoms with Crippen molar-refractivity contribution < 1.29 is 4.79 Å². The van der Waals surface area contributed by atoms with Crippen molar-refractivity contribution in [2.24, 2.45) is 4.99 Å². The topological polar surface area (TPSA) is 60.0 Å². The van der Waals surface area contributed by atoms with E-state index in [-0.39, 0.29) is 36.4 Å². The molecule has 0 aliphatic carbocycles. The Morgan fingerprint density at radius 3 is 2.48 bits per heavy atom. The number of thioether (sulfide) groups is 1. The van der Waals surface area contributed by atoms with Crippen molar-refractivity contribution in [1.82, 2.24) is 15.5 Å². The van der Waals surface area contributed by atoms with Crippen LogP contribution in [0.4, 0.5) is 5.69 Å². The van der Waals surface area contributed by atoms with Crippen molar-refractivity contribution in [2.45, 2.75) is 17.4 Å². The molecule has 2 aromatic rings. The highest BCUT2D eigenvalue weighted by molar-refractivity contribution is 14.0. The van der Waals surface area contributed by atoms with Crippen LogP contribution < -0.4 is 15.5 Å². The van der Waals surface area contributed by atoms with Gasteiger partial charge in [-0.05, 0) is 30.7 Å². The molecular formula is C23H32IN5OS. The number of aliphatic imine (C=N–C) groups is 1. The normalized spacial score (nSPS) is 15.9. The number of hydrogen-bond donors (Lipinski definition) is 2. The van der Waals surface area contributed by atoms with Crippen LogP contribution in [0.15, 0.2) is 70.6 Å². The number of nitrogens with zero attached hydrogens (tertiary/aromatic N) is 3. The van der Waals surface area contributed by atoms with E-state index in [4.69, 9.17) is 0 Å². The average molecular weight is 554 g/mol. The summed E-state index contributed by atoms with van der Waals surface area (Å²) in [5.74, 6) is 1.62. The first kappa shape index (κ1) is 25.3. The Kier molecular flexibility index (Phi) is 11.0. The van der Waals surface area contributed by atoms with Crippen molar-refractivity contribution in [3.8, 4) is 0 Å². The number of likely N-dealkylation sites (N-methyl/N-ethyl adjacent to an activating group) is 1. The number of anilines is 1. The molecule has 1 aliphatic heterocycles. The first-order valence-electron chi connectivity index (χ1n) is 10.3. The van der Waals surface area contributed by atoms with Crippen molar-refractivity contribution in [3.63, 3.8) is 0 Å². The number of halogens is 1. The van der Waals surface area contributed by atoms with Gasteiger partial charge >= 0.3 is 0 Å². The molecule has 1 amide bonds. The summed E-state index contributed by atoms with van der Waals surface area (Å²) in [4.78, 5) is 21.7. The Balaban J connectivity index is 0.00000341. The molecule has 1 atom stereocenters. The Hall–Kier alpha value is -1.94. The summed E-state index contributed by atoms with van der Waals surface area (Å²) < 4.78 is 0. The number of rotatable bonds is 8. The fourth-order valence-corrected chi connectivity index (χ4v) is 4.03. The summed E-state index contributed by atoms with van der Waals surface area (Å²) in [6.45, 7) is 2.85. The van der Waals surface area contributed by atoms with E-state index in [0.29, 0.717) is 12.0 Å². The van der Waals surface area contributed by atoms with Gasteiger partial charge in [0.1, 0.15) is 6.54 Å². The molecule has 2 aromatic carbocycles. The van der Waals surface area contributed by atoms with Crippen LogP contribution in [0.5, 0.6) is 0 Å². The molecule has 0 saturated carbocycles. The second-order valence-corrected chi connectivity index (χ2v) is 8.62. The number of nitrogens with one attached hydrogen (secondary N) is 2. The van der Waals surface area contributed by atoms with Crippen molar-refractivity contribution in [1.29, 1.82) is 0 Å². The second kappa shape index (κ2) is 13.5. The van der Waals surface area contributed by atoms with Crippen LogP contribution >= 0.6 is 35.7 Å². The number of amides is 1. The number of hydrogen-bond acceptors (Lipinski definition) is 4. The van der Waals surface area contributed by atoms with E-state index in [9.17, 15) is 4.79 Å². The highest BCUT2D eigenvalue weighted by atomic mass is 127. The molecule has 3 rings (SSSR count). The minimum Gasteiger partial charge on any atom is -0.369 e. The summed E-state index contributed by atoms with van der Waals surface area (Å²) in [7, 11) is 3.51. The zero-order chi connectivity index (χ0) is 21.2. The highest BCUT2D eigenvalue weighted by Gasteiger charge is 2.23. The maximum atomic E-state index is 12.0. The molecule has 0 spiro atoms. The van der Waals surface area contributed by atoms with E-state index in [1.54, 1.807) is 30.8 Å². The lowest BCUT2D eigenvalue weighted by molar-refractivity contribution is -0.127. The summed E-state index contributed by atoms with van der Waals surface area (Å²) in [6, 6.07) is 21.1. The zero-order valence-electron chi connectivity index (χ0n) is 18.2. The largest absolute Gasteiger partial charge is 0.369 e. The van der Waals surface area contributed by atoms with Crippen LogP contribution in [0.1, 0.15) is 6.42 Å². The third kappa shape index (κ3) is 8.60. The molecule has 168 valence electrons. The lowest BCUT2D eigenvalue weighted by Gasteiger charge is -2.20. The Morgan fingerprint density at radius 2 is 1.81 bits per heavy atom. The van der Waals surface area contributed by atoms with Crippen LogP contribution in [0.3, 0.4) is 0 Å². The van der Waals surface area contributed by atoms with Crippen LogP contribution in [0.25, 0.3) is 0 Å². The molecule has 1 heterocycles. The van der Waals surface area contributed by atoms with Gasteiger partial charge in [-0.2, -0.15) is 0 Å². The SMILES string of the molecule is CN(C)C(=O)CN=C(NCCSc1ccccc1)NC1CCN(c2ccccc2)C1.I. The fraction of sp³-hybridized carbons (Fsp3) is 0.391. The van der Waals surface area contributed by atoms with Crippen molar-refractivity contribution in [2.75, 3.05) is 50.9 Å². The molecule has 31 heavy (non-hydrogen) atoms. The van der Waals surface area contributed by atoms with Gasteiger partial charge in [0.25, 0.3) is 0 Å². The smallest absolute Gasteiger partial charge is 0.243 e. The Bertz CT molecular complexity index is 819. The molecule has 1 saturated heterocycles. The Labute approximate surface area is 206 Å². The van der Waals surface area contributed by atoms with Gasteiger partial charge in [0.05, 0.1) is 0 Å². The molecule has 6 nitrogen and oxygen atoms in total. The molecule has 0 aromatic heterocycles. The minimum absolute atomic E-state index is 0. The summed E-state index contributed by atoms with van der Waals surface area (Å²) >= 11 is 1.80. The summed E-state index contributed by atoms with van der Waals surface area (Å²) in [5, 5.41) is 6.92. The predicted octanol–water partition coefficient (Wildman–Crippen LogP) is 3.30. The maximum Gasteiger partial charge on any atom is 0.243 e. The minimum atomic E-state index is -0.00732.